The number of halogens is 4. The Kier molecular flexibility index (Phi) is 4.61. The molecule has 90 valence electrons. The van der Waals surface area contributed by atoms with Crippen molar-refractivity contribution in [1.29, 1.82) is 0 Å². The Labute approximate surface area is 99.2 Å². The van der Waals surface area contributed by atoms with Crippen LogP contribution in [0, 0.1) is 0 Å². The van der Waals surface area contributed by atoms with Gasteiger partial charge >= 0.3 is 6.18 Å². The highest BCUT2D eigenvalue weighted by molar-refractivity contribution is 9.10. The first-order valence-electron chi connectivity index (χ1n) is 4.55. The molecule has 0 heterocycles. The Hall–Kier alpha value is -0.750. The zero-order valence-corrected chi connectivity index (χ0v) is 9.81. The molecule has 0 aliphatic heterocycles. The highest BCUT2D eigenvalue weighted by Crippen LogP contribution is 2.34. The van der Waals surface area contributed by atoms with E-state index in [0.29, 0.717) is 12.2 Å². The Morgan fingerprint density at radius 2 is 2.00 bits per heavy atom. The molecule has 1 rings (SSSR count). The maximum atomic E-state index is 12.3. The zero-order chi connectivity index (χ0) is 12.2. The lowest BCUT2D eigenvalue weighted by Crippen LogP contribution is -2.05. The van der Waals surface area contributed by atoms with Gasteiger partial charge in [-0.25, -0.2) is 0 Å². The molecule has 0 amide bonds. The Balaban J connectivity index is 2.76. The van der Waals surface area contributed by atoms with Crippen molar-refractivity contribution in [3.05, 3.63) is 28.2 Å². The van der Waals surface area contributed by atoms with E-state index < -0.39 is 11.7 Å². The summed E-state index contributed by atoms with van der Waals surface area (Å²) in [6.07, 6.45) is -3.92. The van der Waals surface area contributed by atoms with Gasteiger partial charge in [-0.05, 0) is 34.1 Å². The first kappa shape index (κ1) is 13.3. The van der Waals surface area contributed by atoms with E-state index in [4.69, 9.17) is 9.84 Å². The summed E-state index contributed by atoms with van der Waals surface area (Å²) in [6.45, 7) is 0.249. The lowest BCUT2D eigenvalue weighted by Gasteiger charge is -2.11. The predicted octanol–water partition coefficient (Wildman–Crippen LogP) is 3.23. The maximum Gasteiger partial charge on any atom is 0.416 e. The third kappa shape index (κ3) is 3.68. The summed E-state index contributed by atoms with van der Waals surface area (Å²) in [7, 11) is 0. The quantitative estimate of drug-likeness (QED) is 0.865. The minimum Gasteiger partial charge on any atom is -0.492 e. The van der Waals surface area contributed by atoms with Crippen LogP contribution in [0.1, 0.15) is 12.0 Å². The van der Waals surface area contributed by atoms with Gasteiger partial charge in [0, 0.05) is 13.0 Å². The molecule has 0 aliphatic rings. The van der Waals surface area contributed by atoms with Gasteiger partial charge in [-0.1, -0.05) is 0 Å². The highest BCUT2D eigenvalue weighted by Gasteiger charge is 2.30. The van der Waals surface area contributed by atoms with Crippen LogP contribution in [-0.4, -0.2) is 18.3 Å². The third-order valence-electron chi connectivity index (χ3n) is 1.82. The fourth-order valence-corrected chi connectivity index (χ4v) is 1.53. The third-order valence-corrected chi connectivity index (χ3v) is 2.44. The molecule has 0 saturated heterocycles. The standard InChI is InChI=1S/C10H10BrF3O2/c11-8-6-7(10(12,13)14)2-3-9(8)16-5-1-4-15/h2-3,6,15H,1,4-5H2. The lowest BCUT2D eigenvalue weighted by molar-refractivity contribution is -0.137. The van der Waals surface area contributed by atoms with Crippen LogP contribution in [0.3, 0.4) is 0 Å². The molecule has 0 spiro atoms. The number of ether oxygens (including phenoxy) is 1. The van der Waals surface area contributed by atoms with Crippen LogP contribution in [0.5, 0.6) is 5.75 Å². The Morgan fingerprint density at radius 3 is 2.50 bits per heavy atom. The molecule has 0 aromatic heterocycles. The van der Waals surface area contributed by atoms with Crippen molar-refractivity contribution in [3.63, 3.8) is 0 Å². The molecule has 1 aromatic carbocycles. The van der Waals surface area contributed by atoms with Crippen molar-refractivity contribution < 1.29 is 23.0 Å². The smallest absolute Gasteiger partial charge is 0.416 e. The average molecular weight is 299 g/mol. The van der Waals surface area contributed by atoms with E-state index in [0.717, 1.165) is 12.1 Å². The van der Waals surface area contributed by atoms with Gasteiger partial charge in [0.2, 0.25) is 0 Å². The minimum atomic E-state index is -4.36. The molecule has 0 fully saturated rings. The molecular weight excluding hydrogens is 289 g/mol. The van der Waals surface area contributed by atoms with E-state index in [1.807, 2.05) is 0 Å². The molecule has 0 bridgehead atoms. The van der Waals surface area contributed by atoms with Gasteiger partial charge in [-0.3, -0.25) is 0 Å². The van der Waals surface area contributed by atoms with Crippen molar-refractivity contribution >= 4 is 15.9 Å². The van der Waals surface area contributed by atoms with E-state index >= 15 is 0 Å². The van der Waals surface area contributed by atoms with Crippen LogP contribution in [0.4, 0.5) is 13.2 Å². The first-order chi connectivity index (χ1) is 7.45. The van der Waals surface area contributed by atoms with Gasteiger partial charge in [-0.2, -0.15) is 13.2 Å². The van der Waals surface area contributed by atoms with Gasteiger partial charge in [-0.15, -0.1) is 0 Å². The summed E-state index contributed by atoms with van der Waals surface area (Å²) in [5, 5.41) is 8.52. The summed E-state index contributed by atoms with van der Waals surface area (Å²) < 4.78 is 42.4. The van der Waals surface area contributed by atoms with Gasteiger partial charge in [0.05, 0.1) is 16.6 Å². The van der Waals surface area contributed by atoms with Gasteiger partial charge < -0.3 is 9.84 Å². The molecule has 0 atom stereocenters. The SMILES string of the molecule is OCCCOc1ccc(C(F)(F)F)cc1Br. The van der Waals surface area contributed by atoms with E-state index in [-0.39, 0.29) is 17.7 Å². The van der Waals surface area contributed by atoms with Crippen LogP contribution in [0.25, 0.3) is 0 Å². The van der Waals surface area contributed by atoms with Crippen molar-refractivity contribution in [2.45, 2.75) is 12.6 Å². The summed E-state index contributed by atoms with van der Waals surface area (Å²) in [6, 6.07) is 3.18. The van der Waals surface area contributed by atoms with Crippen LogP contribution >= 0.6 is 15.9 Å². The normalized spacial score (nSPS) is 11.6. The Bertz CT molecular complexity index is 352. The number of benzene rings is 1. The topological polar surface area (TPSA) is 29.5 Å². The summed E-state index contributed by atoms with van der Waals surface area (Å²) >= 11 is 3.00. The second-order valence-electron chi connectivity index (χ2n) is 3.07. The molecule has 0 radical (unpaired) electrons. The second kappa shape index (κ2) is 5.54. The van der Waals surface area contributed by atoms with Gasteiger partial charge in [0.25, 0.3) is 0 Å². The first-order valence-corrected chi connectivity index (χ1v) is 5.35. The Morgan fingerprint density at radius 1 is 1.31 bits per heavy atom. The van der Waals surface area contributed by atoms with Gasteiger partial charge in [0.15, 0.2) is 0 Å². The van der Waals surface area contributed by atoms with E-state index in [1.54, 1.807) is 0 Å². The molecule has 0 aliphatic carbocycles. The maximum absolute atomic E-state index is 12.3. The molecule has 0 unspecified atom stereocenters. The van der Waals surface area contributed by atoms with E-state index in [2.05, 4.69) is 15.9 Å². The van der Waals surface area contributed by atoms with Crippen molar-refractivity contribution in [2.75, 3.05) is 13.2 Å². The molecule has 6 heteroatoms. The number of rotatable bonds is 4. The van der Waals surface area contributed by atoms with Crippen molar-refractivity contribution in [1.82, 2.24) is 0 Å². The number of hydrogen-bond acceptors (Lipinski definition) is 2. The van der Waals surface area contributed by atoms with Crippen molar-refractivity contribution in [2.24, 2.45) is 0 Å². The van der Waals surface area contributed by atoms with Crippen LogP contribution in [0.2, 0.25) is 0 Å². The number of hydrogen-bond donors (Lipinski definition) is 1. The molecule has 2 nitrogen and oxygen atoms in total. The average Bonchev–Trinajstić information content (AvgIpc) is 2.19. The van der Waals surface area contributed by atoms with Crippen LogP contribution in [-0.2, 0) is 6.18 Å². The largest absolute Gasteiger partial charge is 0.492 e. The molecular formula is C10H10BrF3O2. The molecule has 16 heavy (non-hydrogen) atoms. The number of aliphatic hydroxyl groups excluding tert-OH is 1. The fourth-order valence-electron chi connectivity index (χ4n) is 1.04. The number of aliphatic hydroxyl groups is 1. The highest BCUT2D eigenvalue weighted by atomic mass is 79.9. The zero-order valence-electron chi connectivity index (χ0n) is 8.22. The summed E-state index contributed by atoms with van der Waals surface area (Å²) in [5.74, 6) is 0.335. The van der Waals surface area contributed by atoms with Gasteiger partial charge in [0.1, 0.15) is 5.75 Å². The predicted molar refractivity (Wildman–Crippen MR) is 56.3 cm³/mol. The van der Waals surface area contributed by atoms with Crippen LogP contribution < -0.4 is 4.74 Å². The monoisotopic (exact) mass is 298 g/mol. The minimum absolute atomic E-state index is 0.0156. The van der Waals surface area contributed by atoms with Crippen LogP contribution in [0.15, 0.2) is 22.7 Å². The van der Waals surface area contributed by atoms with Crippen molar-refractivity contribution in [3.8, 4) is 5.75 Å². The van der Waals surface area contributed by atoms with E-state index in [1.165, 1.54) is 6.07 Å². The second-order valence-corrected chi connectivity index (χ2v) is 3.92. The fraction of sp³-hybridized carbons (Fsp3) is 0.400. The molecule has 1 N–H and O–H groups in total. The van der Waals surface area contributed by atoms with E-state index in [9.17, 15) is 13.2 Å². The summed E-state index contributed by atoms with van der Waals surface area (Å²) in [4.78, 5) is 0. The molecule has 0 saturated carbocycles. The summed E-state index contributed by atoms with van der Waals surface area (Å²) in [5.41, 5.74) is -0.728. The molecule has 1 aromatic rings. The lowest BCUT2D eigenvalue weighted by atomic mass is 10.2. The number of alkyl halides is 3.